The number of hydrogen-bond donors (Lipinski definition) is 0. The molecule has 4 heteroatoms. The Balaban J connectivity index is 1.80. The Morgan fingerprint density at radius 2 is 1.75 bits per heavy atom. The highest BCUT2D eigenvalue weighted by molar-refractivity contribution is 6.28. The highest BCUT2D eigenvalue weighted by Gasteiger charge is 2.35. The van der Waals surface area contributed by atoms with Crippen molar-refractivity contribution in [3.63, 3.8) is 0 Å². The summed E-state index contributed by atoms with van der Waals surface area (Å²) in [7, 11) is 0. The van der Waals surface area contributed by atoms with Gasteiger partial charge in [-0.15, -0.1) is 0 Å². The summed E-state index contributed by atoms with van der Waals surface area (Å²) in [6.45, 7) is 5.93. The molecule has 0 fully saturated rings. The van der Waals surface area contributed by atoms with Gasteiger partial charge in [0.25, 0.3) is 0 Å². The minimum absolute atomic E-state index is 0.125. The summed E-state index contributed by atoms with van der Waals surface area (Å²) >= 11 is 0. The van der Waals surface area contributed by atoms with Crippen LogP contribution >= 0.6 is 0 Å². The highest BCUT2D eigenvalue weighted by atomic mass is 16.1. The normalized spacial score (nSPS) is 12.5. The zero-order chi connectivity index (χ0) is 19.8. The van der Waals surface area contributed by atoms with Crippen LogP contribution in [0.1, 0.15) is 63.5 Å². The first-order valence-electron chi connectivity index (χ1n) is 9.48. The van der Waals surface area contributed by atoms with E-state index in [9.17, 15) is 9.59 Å². The number of fused-ring (bicyclic) bond motifs is 2. The molecule has 0 atom stereocenters. The fourth-order valence-electron chi connectivity index (χ4n) is 3.69. The molecular weight excluding hydrogens is 348 g/mol. The van der Waals surface area contributed by atoms with Crippen molar-refractivity contribution in [1.29, 1.82) is 0 Å². The van der Waals surface area contributed by atoms with Gasteiger partial charge in [-0.1, -0.05) is 42.0 Å². The molecule has 0 saturated heterocycles. The second-order valence-corrected chi connectivity index (χ2v) is 7.41. The van der Waals surface area contributed by atoms with Gasteiger partial charge in [-0.3, -0.25) is 9.59 Å². The first-order valence-corrected chi connectivity index (χ1v) is 9.48. The van der Waals surface area contributed by atoms with Gasteiger partial charge < -0.3 is 0 Å². The molecule has 0 N–H and O–H groups in total. The number of aryl methyl sites for hydroxylation is 2. The highest BCUT2D eigenvalue weighted by Crippen LogP contribution is 2.31. The van der Waals surface area contributed by atoms with Crippen molar-refractivity contribution in [1.82, 2.24) is 9.78 Å². The summed E-state index contributed by atoms with van der Waals surface area (Å²) < 4.78 is 1.60. The molecule has 28 heavy (non-hydrogen) atoms. The molecule has 4 nitrogen and oxygen atoms in total. The monoisotopic (exact) mass is 370 g/mol. The Morgan fingerprint density at radius 1 is 1.00 bits per heavy atom. The van der Waals surface area contributed by atoms with Crippen LogP contribution in [0.25, 0.3) is 5.69 Å². The lowest BCUT2D eigenvalue weighted by Crippen LogP contribution is -2.23. The van der Waals surface area contributed by atoms with Crippen molar-refractivity contribution in [3.05, 3.63) is 93.8 Å². The van der Waals surface area contributed by atoms with Crippen molar-refractivity contribution < 1.29 is 9.59 Å². The molecule has 4 rings (SSSR count). The van der Waals surface area contributed by atoms with Crippen LogP contribution < -0.4 is 0 Å². The molecule has 0 aliphatic heterocycles. The SMILES string of the molecule is CC(C)=CCCc1ccc2c(c1)C(=O)c1c(c(C)nn1-c1ccccc1)C2=O. The minimum Gasteiger partial charge on any atom is -0.288 e. The zero-order valence-electron chi connectivity index (χ0n) is 16.3. The number of ketones is 2. The van der Waals surface area contributed by atoms with Crippen LogP contribution in [-0.4, -0.2) is 21.3 Å². The number of carbonyl (C=O) groups excluding carboxylic acids is 2. The molecule has 0 unspecified atom stereocenters. The molecule has 1 aliphatic carbocycles. The third-order valence-corrected chi connectivity index (χ3v) is 5.06. The summed E-state index contributed by atoms with van der Waals surface area (Å²) in [6, 6.07) is 15.1. The molecule has 1 heterocycles. The number of carbonyl (C=O) groups is 2. The van der Waals surface area contributed by atoms with E-state index in [1.54, 1.807) is 17.7 Å². The van der Waals surface area contributed by atoms with Crippen LogP contribution in [0.3, 0.4) is 0 Å². The van der Waals surface area contributed by atoms with Crippen molar-refractivity contribution >= 4 is 11.6 Å². The van der Waals surface area contributed by atoms with Crippen molar-refractivity contribution in [3.8, 4) is 5.69 Å². The van der Waals surface area contributed by atoms with Crippen molar-refractivity contribution in [2.24, 2.45) is 0 Å². The van der Waals surface area contributed by atoms with E-state index in [1.165, 1.54) is 5.57 Å². The Bertz CT molecular complexity index is 1120. The molecule has 1 aromatic heterocycles. The summed E-state index contributed by atoms with van der Waals surface area (Å²) in [4.78, 5) is 26.5. The van der Waals surface area contributed by atoms with Gasteiger partial charge in [0.2, 0.25) is 5.78 Å². The number of rotatable bonds is 4. The number of nitrogens with zero attached hydrogens (tertiary/aromatic N) is 2. The molecule has 2 aromatic carbocycles. The maximum Gasteiger partial charge on any atom is 0.213 e. The van der Waals surface area contributed by atoms with Gasteiger partial charge in [-0.2, -0.15) is 5.10 Å². The smallest absolute Gasteiger partial charge is 0.213 e. The average molecular weight is 370 g/mol. The number of allylic oxidation sites excluding steroid dienone is 2. The minimum atomic E-state index is -0.141. The quantitative estimate of drug-likeness (QED) is 0.482. The predicted molar refractivity (Wildman–Crippen MR) is 109 cm³/mol. The lowest BCUT2D eigenvalue weighted by atomic mass is 9.85. The summed E-state index contributed by atoms with van der Waals surface area (Å²) in [5, 5.41) is 4.51. The van der Waals surface area contributed by atoms with Gasteiger partial charge in [-0.25, -0.2) is 4.68 Å². The van der Waals surface area contributed by atoms with Gasteiger partial charge in [0.1, 0.15) is 5.69 Å². The second-order valence-electron chi connectivity index (χ2n) is 7.41. The topological polar surface area (TPSA) is 52.0 Å². The lowest BCUT2D eigenvalue weighted by Gasteiger charge is -2.17. The number of benzene rings is 2. The van der Waals surface area contributed by atoms with Gasteiger partial charge in [-0.05, 0) is 57.4 Å². The predicted octanol–water partition coefficient (Wildman–Crippen LogP) is 4.85. The molecule has 0 radical (unpaired) electrons. The van der Waals surface area contributed by atoms with Crippen LogP contribution in [0.15, 0.2) is 60.2 Å². The van der Waals surface area contributed by atoms with E-state index in [4.69, 9.17) is 0 Å². The maximum absolute atomic E-state index is 13.4. The van der Waals surface area contributed by atoms with Gasteiger partial charge >= 0.3 is 0 Å². The maximum atomic E-state index is 13.4. The molecular formula is C24H22N2O2. The lowest BCUT2D eigenvalue weighted by molar-refractivity contribution is 0.0974. The van der Waals surface area contributed by atoms with E-state index in [0.717, 1.165) is 24.1 Å². The summed E-state index contributed by atoms with van der Waals surface area (Å²) in [5.74, 6) is -0.266. The number of aromatic nitrogens is 2. The van der Waals surface area contributed by atoms with E-state index in [2.05, 4.69) is 25.0 Å². The Morgan fingerprint density at radius 3 is 2.46 bits per heavy atom. The fourth-order valence-corrected chi connectivity index (χ4v) is 3.69. The van der Waals surface area contributed by atoms with E-state index >= 15 is 0 Å². The molecule has 1 aliphatic rings. The molecule has 0 spiro atoms. The molecule has 0 bridgehead atoms. The number of hydrogen-bond acceptors (Lipinski definition) is 3. The third kappa shape index (κ3) is 3.01. The largest absolute Gasteiger partial charge is 0.288 e. The van der Waals surface area contributed by atoms with Gasteiger partial charge in [0, 0.05) is 11.1 Å². The van der Waals surface area contributed by atoms with E-state index in [-0.39, 0.29) is 11.6 Å². The van der Waals surface area contributed by atoms with E-state index < -0.39 is 0 Å². The molecule has 0 amide bonds. The van der Waals surface area contributed by atoms with Gasteiger partial charge in [0.15, 0.2) is 5.78 Å². The zero-order valence-corrected chi connectivity index (χ0v) is 16.3. The first-order chi connectivity index (χ1) is 13.5. The van der Waals surface area contributed by atoms with Crippen LogP contribution in [0.5, 0.6) is 0 Å². The molecule has 0 saturated carbocycles. The Hall–Kier alpha value is -3.27. The fraction of sp³-hybridized carbons (Fsp3) is 0.208. The third-order valence-electron chi connectivity index (χ3n) is 5.06. The van der Waals surface area contributed by atoms with Crippen LogP contribution in [-0.2, 0) is 6.42 Å². The van der Waals surface area contributed by atoms with Crippen LogP contribution in [0.2, 0.25) is 0 Å². The van der Waals surface area contributed by atoms with Crippen LogP contribution in [0.4, 0.5) is 0 Å². The standard InChI is InChI=1S/C24H22N2O2/c1-15(2)8-7-9-17-12-13-19-20(14-17)24(28)22-21(23(19)27)16(3)25-26(22)18-10-5-4-6-11-18/h4-6,8,10-14H,7,9H2,1-3H3. The van der Waals surface area contributed by atoms with Crippen molar-refractivity contribution in [2.75, 3.05) is 0 Å². The van der Waals surface area contributed by atoms with E-state index in [1.807, 2.05) is 42.5 Å². The molecule has 140 valence electrons. The van der Waals surface area contributed by atoms with Gasteiger partial charge in [0.05, 0.1) is 16.9 Å². The Kier molecular flexibility index (Phi) is 4.55. The first kappa shape index (κ1) is 18.1. The van der Waals surface area contributed by atoms with E-state index in [0.29, 0.717) is 28.1 Å². The summed E-state index contributed by atoms with van der Waals surface area (Å²) in [6.07, 6.45) is 3.93. The van der Waals surface area contributed by atoms with Crippen LogP contribution in [0, 0.1) is 6.92 Å². The summed E-state index contributed by atoms with van der Waals surface area (Å²) in [5.41, 5.74) is 5.41. The Labute approximate surface area is 164 Å². The number of para-hydroxylation sites is 1. The average Bonchev–Trinajstić information content (AvgIpc) is 3.04. The van der Waals surface area contributed by atoms with Crippen molar-refractivity contribution in [2.45, 2.75) is 33.6 Å². The second kappa shape index (κ2) is 7.04. The molecule has 3 aromatic rings.